The number of amides is 1. The normalized spacial score (nSPS) is 15.3. The molecular weight excluding hydrogens is 355 g/mol. The summed E-state index contributed by atoms with van der Waals surface area (Å²) in [5, 5.41) is 2.65. The Balaban J connectivity index is 1.55. The van der Waals surface area contributed by atoms with Crippen LogP contribution in [0.4, 0.5) is 4.39 Å². The van der Waals surface area contributed by atoms with E-state index in [0.29, 0.717) is 11.1 Å². The van der Waals surface area contributed by atoms with E-state index in [9.17, 15) is 17.6 Å². The molecule has 0 bridgehead atoms. The Labute approximate surface area is 152 Å². The summed E-state index contributed by atoms with van der Waals surface area (Å²) in [4.78, 5) is 12.2. The molecule has 3 rings (SSSR count). The lowest BCUT2D eigenvalue weighted by molar-refractivity contribution is -0.128. The van der Waals surface area contributed by atoms with Crippen LogP contribution in [0.1, 0.15) is 11.1 Å². The van der Waals surface area contributed by atoms with Crippen molar-refractivity contribution >= 4 is 20.8 Å². The first-order valence-corrected chi connectivity index (χ1v) is 9.59. The van der Waals surface area contributed by atoms with Gasteiger partial charge in [-0.1, -0.05) is 55.1 Å². The van der Waals surface area contributed by atoms with Gasteiger partial charge in [0.2, 0.25) is 15.9 Å². The maximum atomic E-state index is 13.6. The quantitative estimate of drug-likeness (QED) is 0.844. The van der Waals surface area contributed by atoms with Crippen LogP contribution in [0.15, 0.2) is 61.2 Å². The van der Waals surface area contributed by atoms with Gasteiger partial charge in [0.1, 0.15) is 5.82 Å². The maximum Gasteiger partial charge on any atom is 0.243 e. The van der Waals surface area contributed by atoms with Gasteiger partial charge in [0.05, 0.1) is 10.8 Å². The van der Waals surface area contributed by atoms with Crippen LogP contribution in [0.5, 0.6) is 0 Å². The number of rotatable bonds is 6. The third-order valence-electron chi connectivity index (χ3n) is 4.38. The first-order chi connectivity index (χ1) is 12.4. The van der Waals surface area contributed by atoms with Gasteiger partial charge in [-0.25, -0.2) is 12.8 Å². The number of carbonyl (C=O) groups excluding carboxylic acids is 1. The van der Waals surface area contributed by atoms with Crippen LogP contribution in [0, 0.1) is 11.7 Å². The molecule has 2 aromatic carbocycles. The number of sulfonamides is 1. The molecule has 0 saturated carbocycles. The minimum Gasteiger partial charge on any atom is -0.352 e. The SMILES string of the molecule is C=C(c1ccccc1)S(=O)(=O)N1CC(C(=O)NCc2ccccc2F)C1. The van der Waals surface area contributed by atoms with Crippen molar-refractivity contribution in [1.82, 2.24) is 9.62 Å². The molecule has 1 fully saturated rings. The van der Waals surface area contributed by atoms with Crippen LogP contribution in [0.25, 0.3) is 4.91 Å². The van der Waals surface area contributed by atoms with Crippen LogP contribution in [0.2, 0.25) is 0 Å². The fourth-order valence-corrected chi connectivity index (χ4v) is 4.20. The van der Waals surface area contributed by atoms with E-state index < -0.39 is 15.9 Å². The number of hydrogen-bond acceptors (Lipinski definition) is 3. The molecule has 1 aliphatic heterocycles. The average Bonchev–Trinajstić information content (AvgIpc) is 2.59. The van der Waals surface area contributed by atoms with Crippen LogP contribution < -0.4 is 5.32 Å². The van der Waals surface area contributed by atoms with Crippen molar-refractivity contribution in [3.63, 3.8) is 0 Å². The van der Waals surface area contributed by atoms with Crippen molar-refractivity contribution in [2.24, 2.45) is 5.92 Å². The molecule has 2 aromatic rings. The molecular formula is C19H19FN2O3S. The number of benzene rings is 2. The highest BCUT2D eigenvalue weighted by atomic mass is 32.2. The van der Waals surface area contributed by atoms with Crippen molar-refractivity contribution in [2.45, 2.75) is 6.54 Å². The summed E-state index contributed by atoms with van der Waals surface area (Å²) in [5.41, 5.74) is 0.919. The summed E-state index contributed by atoms with van der Waals surface area (Å²) in [6, 6.07) is 14.8. The van der Waals surface area contributed by atoms with Gasteiger partial charge in [0.25, 0.3) is 0 Å². The molecule has 1 heterocycles. The van der Waals surface area contributed by atoms with Crippen LogP contribution >= 0.6 is 0 Å². The van der Waals surface area contributed by atoms with E-state index in [0.717, 1.165) is 0 Å². The van der Waals surface area contributed by atoms with Crippen LogP contribution in [-0.2, 0) is 21.4 Å². The lowest BCUT2D eigenvalue weighted by Gasteiger charge is -2.37. The number of nitrogens with zero attached hydrogens (tertiary/aromatic N) is 1. The Morgan fingerprint density at radius 3 is 2.38 bits per heavy atom. The first-order valence-electron chi connectivity index (χ1n) is 8.15. The van der Waals surface area contributed by atoms with Gasteiger partial charge in [-0.05, 0) is 11.6 Å². The Hall–Kier alpha value is -2.51. The minimum atomic E-state index is -3.70. The minimum absolute atomic E-state index is 0.0170. The summed E-state index contributed by atoms with van der Waals surface area (Å²) < 4.78 is 39.9. The summed E-state index contributed by atoms with van der Waals surface area (Å²) >= 11 is 0. The first kappa shape index (κ1) is 18.3. The zero-order valence-electron chi connectivity index (χ0n) is 14.1. The predicted molar refractivity (Wildman–Crippen MR) is 97.7 cm³/mol. The highest BCUT2D eigenvalue weighted by molar-refractivity contribution is 7.98. The van der Waals surface area contributed by atoms with Crippen LogP contribution in [-0.4, -0.2) is 31.7 Å². The molecule has 0 atom stereocenters. The number of carbonyl (C=O) groups is 1. The molecule has 5 nitrogen and oxygen atoms in total. The second-order valence-corrected chi connectivity index (χ2v) is 8.08. The molecule has 0 spiro atoms. The summed E-state index contributed by atoms with van der Waals surface area (Å²) in [7, 11) is -3.70. The molecule has 0 radical (unpaired) electrons. The van der Waals surface area contributed by atoms with Gasteiger partial charge in [-0.15, -0.1) is 0 Å². The van der Waals surface area contributed by atoms with E-state index in [1.54, 1.807) is 48.5 Å². The van der Waals surface area contributed by atoms with Gasteiger partial charge in [0, 0.05) is 25.2 Å². The van der Waals surface area contributed by atoms with E-state index in [1.807, 2.05) is 0 Å². The zero-order valence-corrected chi connectivity index (χ0v) is 14.9. The molecule has 1 aliphatic rings. The topological polar surface area (TPSA) is 66.5 Å². The van der Waals surface area contributed by atoms with Gasteiger partial charge in [0.15, 0.2) is 0 Å². The van der Waals surface area contributed by atoms with Crippen molar-refractivity contribution in [3.05, 3.63) is 78.1 Å². The third kappa shape index (κ3) is 3.68. The molecule has 7 heteroatoms. The smallest absolute Gasteiger partial charge is 0.243 e. The summed E-state index contributed by atoms with van der Waals surface area (Å²) in [6.45, 7) is 3.95. The molecule has 1 amide bonds. The molecule has 1 N–H and O–H groups in total. The standard InChI is InChI=1S/C19H19FN2O3S/c1-14(15-7-3-2-4-8-15)26(24,25)22-12-17(13-22)19(23)21-11-16-9-5-6-10-18(16)20/h2-10,17H,1,11-13H2,(H,21,23). The lowest BCUT2D eigenvalue weighted by atomic mass is 10.0. The van der Waals surface area contributed by atoms with Gasteiger partial charge >= 0.3 is 0 Å². The maximum absolute atomic E-state index is 13.6. The Morgan fingerprint density at radius 2 is 1.73 bits per heavy atom. The zero-order chi connectivity index (χ0) is 18.7. The van der Waals surface area contributed by atoms with Crippen molar-refractivity contribution < 1.29 is 17.6 Å². The second kappa shape index (κ2) is 7.39. The molecule has 0 aromatic heterocycles. The van der Waals surface area contributed by atoms with Crippen molar-refractivity contribution in [2.75, 3.05) is 13.1 Å². The van der Waals surface area contributed by atoms with E-state index in [2.05, 4.69) is 11.9 Å². The van der Waals surface area contributed by atoms with E-state index >= 15 is 0 Å². The average molecular weight is 374 g/mol. The van der Waals surface area contributed by atoms with E-state index in [-0.39, 0.29) is 36.3 Å². The highest BCUT2D eigenvalue weighted by Crippen LogP contribution is 2.28. The molecule has 0 aliphatic carbocycles. The number of nitrogens with one attached hydrogen (secondary N) is 1. The molecule has 0 unspecified atom stereocenters. The monoisotopic (exact) mass is 374 g/mol. The van der Waals surface area contributed by atoms with Gasteiger partial charge < -0.3 is 5.32 Å². The predicted octanol–water partition coefficient (Wildman–Crippen LogP) is 2.37. The fraction of sp³-hybridized carbons (Fsp3) is 0.211. The highest BCUT2D eigenvalue weighted by Gasteiger charge is 2.41. The Kier molecular flexibility index (Phi) is 5.20. The molecule has 26 heavy (non-hydrogen) atoms. The van der Waals surface area contributed by atoms with Gasteiger partial charge in [-0.2, -0.15) is 4.31 Å². The Morgan fingerprint density at radius 1 is 1.12 bits per heavy atom. The second-order valence-electron chi connectivity index (χ2n) is 6.12. The summed E-state index contributed by atoms with van der Waals surface area (Å²) in [5.74, 6) is -1.12. The van der Waals surface area contributed by atoms with E-state index in [1.165, 1.54) is 10.4 Å². The Bertz CT molecular complexity index is 923. The lowest BCUT2D eigenvalue weighted by Crippen LogP contribution is -2.55. The summed E-state index contributed by atoms with van der Waals surface area (Å²) in [6.07, 6.45) is 0. The van der Waals surface area contributed by atoms with Gasteiger partial charge in [-0.3, -0.25) is 4.79 Å². The molecule has 1 saturated heterocycles. The van der Waals surface area contributed by atoms with Crippen LogP contribution in [0.3, 0.4) is 0 Å². The van der Waals surface area contributed by atoms with E-state index in [4.69, 9.17) is 0 Å². The van der Waals surface area contributed by atoms with Crippen molar-refractivity contribution in [3.8, 4) is 0 Å². The molecule has 136 valence electrons. The van der Waals surface area contributed by atoms with Crippen molar-refractivity contribution in [1.29, 1.82) is 0 Å². The number of halogens is 1. The fourth-order valence-electron chi connectivity index (χ4n) is 2.70. The number of hydrogen-bond donors (Lipinski definition) is 1. The third-order valence-corrected chi connectivity index (χ3v) is 6.21. The largest absolute Gasteiger partial charge is 0.352 e.